The second kappa shape index (κ2) is 6.51. The van der Waals surface area contributed by atoms with E-state index < -0.39 is 9.25 Å². The van der Waals surface area contributed by atoms with Gasteiger partial charge in [-0.1, -0.05) is 12.1 Å². The summed E-state index contributed by atoms with van der Waals surface area (Å²) in [4.78, 5) is 5.11. The minimum absolute atomic E-state index is 0.0302. The van der Waals surface area contributed by atoms with Crippen molar-refractivity contribution in [1.82, 2.24) is 19.5 Å². The van der Waals surface area contributed by atoms with Crippen LogP contribution in [0.1, 0.15) is 24.1 Å². The summed E-state index contributed by atoms with van der Waals surface area (Å²) in [5.74, 6) is 0.410. The van der Waals surface area contributed by atoms with Crippen molar-refractivity contribution in [3.05, 3.63) is 53.9 Å². The standard InChI is InChI=1S/C21H23N5O2S/c1-14-20(16-6-4-15(12-22)5-7-16)21(27)26(25-14)19-11-10-18(13-24-19)29(3,28,23-2)17-8-9-17/h4-7,10-11,13,17,27H,8-9H2,1-3H3,(H,23,28). The fourth-order valence-electron chi connectivity index (χ4n) is 3.63. The lowest BCUT2D eigenvalue weighted by molar-refractivity contribution is 0.433. The van der Waals surface area contributed by atoms with Gasteiger partial charge in [0.05, 0.1) is 22.9 Å². The van der Waals surface area contributed by atoms with Crippen molar-refractivity contribution in [2.75, 3.05) is 13.3 Å². The molecule has 0 amide bonds. The maximum absolute atomic E-state index is 13.7. The van der Waals surface area contributed by atoms with Gasteiger partial charge >= 0.3 is 0 Å². The van der Waals surface area contributed by atoms with Crippen LogP contribution in [0.25, 0.3) is 16.9 Å². The lowest BCUT2D eigenvalue weighted by Gasteiger charge is -2.38. The highest BCUT2D eigenvalue weighted by Crippen LogP contribution is 2.46. The molecule has 2 heterocycles. The molecule has 4 rings (SSSR count). The van der Waals surface area contributed by atoms with Crippen molar-refractivity contribution in [1.29, 1.82) is 5.26 Å². The Balaban J connectivity index is 1.73. The SMILES string of the molecule is CNS(C)(=O)(c1ccc(-n2nc(C)c(-c3ccc(C#N)cc3)c2O)nc1)C1CC1. The van der Waals surface area contributed by atoms with Crippen molar-refractivity contribution in [3.8, 4) is 28.9 Å². The highest BCUT2D eigenvalue weighted by molar-refractivity contribution is 8.18. The molecule has 0 spiro atoms. The lowest BCUT2D eigenvalue weighted by Crippen LogP contribution is -2.48. The van der Waals surface area contributed by atoms with Gasteiger partial charge in [-0.2, -0.15) is 15.0 Å². The molecule has 0 unspecified atom stereocenters. The molecular weight excluding hydrogens is 386 g/mol. The summed E-state index contributed by atoms with van der Waals surface area (Å²) in [6.07, 6.45) is 5.27. The van der Waals surface area contributed by atoms with E-state index in [1.165, 1.54) is 4.68 Å². The first-order valence-electron chi connectivity index (χ1n) is 9.36. The predicted octanol–water partition coefficient (Wildman–Crippen LogP) is 2.93. The van der Waals surface area contributed by atoms with E-state index in [2.05, 4.69) is 20.9 Å². The third-order valence-corrected chi connectivity index (χ3v) is 10.2. The topological polar surface area (TPSA) is 104 Å². The fourth-order valence-corrected chi connectivity index (χ4v) is 6.58. The van der Waals surface area contributed by atoms with E-state index in [0.717, 1.165) is 18.4 Å². The Labute approximate surface area is 169 Å². The number of pyridine rings is 1. The normalized spacial score (nSPS) is 15.4. The summed E-state index contributed by atoms with van der Waals surface area (Å²) in [7, 11) is -1.43. The molecule has 0 aliphatic heterocycles. The number of benzene rings is 1. The molecule has 3 aromatic rings. The second-order valence-electron chi connectivity index (χ2n) is 7.55. The quantitative estimate of drug-likeness (QED) is 0.674. The first-order chi connectivity index (χ1) is 13.8. The van der Waals surface area contributed by atoms with Gasteiger partial charge in [0, 0.05) is 22.6 Å². The van der Waals surface area contributed by atoms with Gasteiger partial charge in [0.2, 0.25) is 5.88 Å². The molecular formula is C21H23N5O2S. The number of hydrogen-bond donors (Lipinski definition) is 2. The van der Waals surface area contributed by atoms with Crippen molar-refractivity contribution in [2.45, 2.75) is 29.9 Å². The van der Waals surface area contributed by atoms with E-state index in [4.69, 9.17) is 5.26 Å². The first-order valence-corrected chi connectivity index (χ1v) is 11.8. The van der Waals surface area contributed by atoms with Crippen LogP contribution in [-0.4, -0.2) is 42.6 Å². The van der Waals surface area contributed by atoms with Gasteiger partial charge < -0.3 is 5.11 Å². The Hall–Kier alpha value is -3.02. The minimum atomic E-state index is -3.15. The number of nitrogens with one attached hydrogen (secondary N) is 1. The Bertz CT molecular complexity index is 1190. The van der Waals surface area contributed by atoms with Crippen LogP contribution in [0.5, 0.6) is 5.88 Å². The van der Waals surface area contributed by atoms with Crippen LogP contribution >= 0.6 is 0 Å². The highest BCUT2D eigenvalue weighted by Gasteiger charge is 2.47. The Morgan fingerprint density at radius 3 is 2.45 bits per heavy atom. The molecule has 29 heavy (non-hydrogen) atoms. The van der Waals surface area contributed by atoms with Crippen molar-refractivity contribution < 1.29 is 9.32 Å². The molecule has 1 saturated carbocycles. The molecule has 2 aromatic heterocycles. The molecule has 8 heteroatoms. The third kappa shape index (κ3) is 3.03. The molecule has 0 bridgehead atoms. The molecule has 1 aliphatic rings. The van der Waals surface area contributed by atoms with Crippen molar-refractivity contribution in [2.24, 2.45) is 0 Å². The Morgan fingerprint density at radius 2 is 1.93 bits per heavy atom. The van der Waals surface area contributed by atoms with E-state index in [-0.39, 0.29) is 11.1 Å². The van der Waals surface area contributed by atoms with Crippen molar-refractivity contribution >= 4 is 9.25 Å². The average Bonchev–Trinajstić information content (AvgIpc) is 3.55. The van der Waals surface area contributed by atoms with Gasteiger partial charge in [-0.3, -0.25) is 8.93 Å². The Kier molecular flexibility index (Phi) is 4.33. The largest absolute Gasteiger partial charge is 0.493 e. The number of nitrogens with zero attached hydrogens (tertiary/aromatic N) is 4. The van der Waals surface area contributed by atoms with Crippen LogP contribution in [0.4, 0.5) is 0 Å². The van der Waals surface area contributed by atoms with Crippen LogP contribution in [0.15, 0.2) is 47.5 Å². The third-order valence-electron chi connectivity index (χ3n) is 5.70. The smallest absolute Gasteiger partial charge is 0.223 e. The van der Waals surface area contributed by atoms with Crippen LogP contribution in [-0.2, 0) is 9.25 Å². The number of aromatic hydroxyl groups is 1. The van der Waals surface area contributed by atoms with Crippen LogP contribution < -0.4 is 4.72 Å². The average molecular weight is 410 g/mol. The van der Waals surface area contributed by atoms with E-state index >= 15 is 0 Å². The lowest BCUT2D eigenvalue weighted by atomic mass is 10.0. The molecule has 1 aliphatic carbocycles. The second-order valence-corrected chi connectivity index (χ2v) is 11.9. The molecule has 1 fully saturated rings. The maximum atomic E-state index is 13.7. The van der Waals surface area contributed by atoms with Gasteiger partial charge in [-0.05, 0) is 65.9 Å². The highest BCUT2D eigenvalue weighted by atomic mass is 32.3. The van der Waals surface area contributed by atoms with Crippen LogP contribution in [0.2, 0.25) is 0 Å². The molecule has 0 radical (unpaired) electrons. The zero-order valence-electron chi connectivity index (χ0n) is 16.6. The van der Waals surface area contributed by atoms with Gasteiger partial charge in [0.1, 0.15) is 0 Å². The molecule has 0 atom stereocenters. The zero-order valence-corrected chi connectivity index (χ0v) is 17.4. The van der Waals surface area contributed by atoms with Gasteiger partial charge in [0.25, 0.3) is 0 Å². The van der Waals surface area contributed by atoms with Gasteiger partial charge in [-0.25, -0.2) is 4.98 Å². The number of aryl methyl sites for hydroxylation is 1. The number of aromatic nitrogens is 3. The molecule has 150 valence electrons. The van der Waals surface area contributed by atoms with E-state index in [0.29, 0.717) is 27.5 Å². The van der Waals surface area contributed by atoms with E-state index in [1.807, 2.05) is 0 Å². The molecule has 2 N–H and O–H groups in total. The fraction of sp³-hybridized carbons (Fsp3) is 0.286. The summed E-state index contributed by atoms with van der Waals surface area (Å²) in [6.45, 7) is 1.81. The monoisotopic (exact) mass is 409 g/mol. The number of nitriles is 1. The number of hydrogen-bond acceptors (Lipinski definition) is 5. The van der Waals surface area contributed by atoms with Crippen molar-refractivity contribution in [3.63, 3.8) is 0 Å². The summed E-state index contributed by atoms with van der Waals surface area (Å²) in [6, 6.07) is 12.6. The molecule has 1 aromatic carbocycles. The summed E-state index contributed by atoms with van der Waals surface area (Å²) in [5.41, 5.74) is 2.55. The molecule has 7 nitrogen and oxygen atoms in total. The van der Waals surface area contributed by atoms with Gasteiger partial charge in [0.15, 0.2) is 5.82 Å². The van der Waals surface area contributed by atoms with Crippen LogP contribution in [0, 0.1) is 18.3 Å². The maximum Gasteiger partial charge on any atom is 0.223 e. The van der Waals surface area contributed by atoms with E-state index in [9.17, 15) is 9.32 Å². The summed E-state index contributed by atoms with van der Waals surface area (Å²) < 4.78 is 18.1. The summed E-state index contributed by atoms with van der Waals surface area (Å²) >= 11 is 0. The minimum Gasteiger partial charge on any atom is -0.493 e. The summed E-state index contributed by atoms with van der Waals surface area (Å²) in [5, 5.41) is 24.3. The number of rotatable bonds is 5. The first kappa shape index (κ1) is 19.3. The predicted molar refractivity (Wildman–Crippen MR) is 112 cm³/mol. The van der Waals surface area contributed by atoms with Crippen LogP contribution in [0.3, 0.4) is 0 Å². The molecule has 0 saturated heterocycles. The Morgan fingerprint density at radius 1 is 1.24 bits per heavy atom. The van der Waals surface area contributed by atoms with Gasteiger partial charge in [-0.15, -0.1) is 0 Å². The van der Waals surface area contributed by atoms with E-state index in [1.54, 1.807) is 62.8 Å². The zero-order chi connectivity index (χ0) is 20.8.